The van der Waals surface area contributed by atoms with Crippen LogP contribution in [-0.4, -0.2) is 37.4 Å². The van der Waals surface area contributed by atoms with Gasteiger partial charge in [0.25, 0.3) is 5.91 Å². The van der Waals surface area contributed by atoms with Crippen molar-refractivity contribution in [1.82, 2.24) is 5.32 Å². The Kier molecular flexibility index (Phi) is 5.25. The van der Waals surface area contributed by atoms with Crippen molar-refractivity contribution in [3.8, 4) is 11.5 Å². The third-order valence-corrected chi connectivity index (χ3v) is 5.51. The molecule has 2 aliphatic heterocycles. The van der Waals surface area contributed by atoms with E-state index in [1.54, 1.807) is 6.07 Å². The summed E-state index contributed by atoms with van der Waals surface area (Å²) in [5, 5.41) is 3.56. The number of ether oxygens (including phenoxy) is 3. The number of nitrogens with one attached hydrogen (secondary N) is 1. The number of carbonyl (C=O) groups is 1. The lowest BCUT2D eigenvalue weighted by Crippen LogP contribution is -2.35. The lowest BCUT2D eigenvalue weighted by Gasteiger charge is -2.33. The van der Waals surface area contributed by atoms with E-state index < -0.39 is 5.63 Å². The van der Waals surface area contributed by atoms with Crippen molar-refractivity contribution in [2.45, 2.75) is 58.2 Å². The fraction of sp³-hybridized carbons (Fsp3) is 0.545. The number of rotatable bonds is 5. The smallest absolute Gasteiger partial charge is 0.336 e. The molecule has 7 heteroatoms. The Hall–Kier alpha value is -2.54. The SMILES string of the molecule is Cc1cc(=O)oc2c3c(cc(OCC(=O)NCC4CCCO4)c12)OC(C)(C)CC3. The minimum atomic E-state index is -0.409. The molecule has 0 aliphatic carbocycles. The molecule has 3 heterocycles. The maximum atomic E-state index is 12.2. The van der Waals surface area contributed by atoms with Gasteiger partial charge in [-0.1, -0.05) is 0 Å². The number of hydrogen-bond acceptors (Lipinski definition) is 6. The third kappa shape index (κ3) is 4.24. The van der Waals surface area contributed by atoms with E-state index in [4.69, 9.17) is 18.6 Å². The molecule has 29 heavy (non-hydrogen) atoms. The first-order valence-corrected chi connectivity index (χ1v) is 10.1. The van der Waals surface area contributed by atoms with Gasteiger partial charge in [0.2, 0.25) is 0 Å². The van der Waals surface area contributed by atoms with Gasteiger partial charge >= 0.3 is 5.63 Å². The van der Waals surface area contributed by atoms with Crippen LogP contribution in [-0.2, 0) is 16.0 Å². The Morgan fingerprint density at radius 3 is 2.93 bits per heavy atom. The molecule has 1 fully saturated rings. The minimum Gasteiger partial charge on any atom is -0.487 e. The van der Waals surface area contributed by atoms with Crippen molar-refractivity contribution < 1.29 is 23.4 Å². The molecule has 1 saturated heterocycles. The van der Waals surface area contributed by atoms with Crippen molar-refractivity contribution in [2.75, 3.05) is 19.8 Å². The summed E-state index contributed by atoms with van der Waals surface area (Å²) >= 11 is 0. The van der Waals surface area contributed by atoms with Gasteiger partial charge in [-0.2, -0.15) is 0 Å². The maximum Gasteiger partial charge on any atom is 0.336 e. The average molecular weight is 401 g/mol. The summed E-state index contributed by atoms with van der Waals surface area (Å²) in [6, 6.07) is 3.24. The Morgan fingerprint density at radius 1 is 1.34 bits per heavy atom. The Morgan fingerprint density at radius 2 is 2.17 bits per heavy atom. The number of fused-ring (bicyclic) bond motifs is 3. The highest BCUT2D eigenvalue weighted by Crippen LogP contribution is 2.42. The Labute approximate surface area is 169 Å². The van der Waals surface area contributed by atoms with E-state index in [1.807, 2.05) is 20.8 Å². The van der Waals surface area contributed by atoms with Gasteiger partial charge in [0, 0.05) is 30.8 Å². The van der Waals surface area contributed by atoms with Gasteiger partial charge in [-0.05, 0) is 52.0 Å². The summed E-state index contributed by atoms with van der Waals surface area (Å²) in [7, 11) is 0. The molecule has 2 aliphatic rings. The van der Waals surface area contributed by atoms with Crippen LogP contribution in [0.2, 0.25) is 0 Å². The Balaban J connectivity index is 1.59. The van der Waals surface area contributed by atoms with Crippen molar-refractivity contribution in [1.29, 1.82) is 0 Å². The average Bonchev–Trinajstić information content (AvgIpc) is 3.16. The minimum absolute atomic E-state index is 0.0793. The van der Waals surface area contributed by atoms with Crippen molar-refractivity contribution in [3.63, 3.8) is 0 Å². The van der Waals surface area contributed by atoms with Crippen LogP contribution >= 0.6 is 0 Å². The molecule has 1 aromatic carbocycles. The van der Waals surface area contributed by atoms with Gasteiger partial charge in [0.1, 0.15) is 22.7 Å². The van der Waals surface area contributed by atoms with Crippen molar-refractivity contribution in [2.24, 2.45) is 0 Å². The summed E-state index contributed by atoms with van der Waals surface area (Å²) in [6.07, 6.45) is 3.63. The largest absolute Gasteiger partial charge is 0.487 e. The van der Waals surface area contributed by atoms with E-state index in [9.17, 15) is 9.59 Å². The zero-order valence-corrected chi connectivity index (χ0v) is 17.1. The van der Waals surface area contributed by atoms with Gasteiger partial charge in [0.05, 0.1) is 11.5 Å². The molecule has 0 saturated carbocycles. The van der Waals surface area contributed by atoms with Crippen molar-refractivity contribution >= 4 is 16.9 Å². The van der Waals surface area contributed by atoms with Crippen molar-refractivity contribution in [3.05, 3.63) is 33.7 Å². The normalized spacial score (nSPS) is 20.2. The van der Waals surface area contributed by atoms with Gasteiger partial charge in [0.15, 0.2) is 6.61 Å². The highest BCUT2D eigenvalue weighted by atomic mass is 16.5. The van der Waals surface area contributed by atoms with Crippen LogP contribution in [0, 0.1) is 6.92 Å². The van der Waals surface area contributed by atoms with Gasteiger partial charge < -0.3 is 23.9 Å². The number of carbonyl (C=O) groups excluding carboxylic acids is 1. The molecule has 2 aromatic rings. The van der Waals surface area contributed by atoms with E-state index in [0.29, 0.717) is 29.0 Å². The van der Waals surface area contributed by atoms with Crippen LogP contribution in [0.3, 0.4) is 0 Å². The van der Waals surface area contributed by atoms with Crippen LogP contribution in [0.25, 0.3) is 11.0 Å². The van der Waals surface area contributed by atoms with E-state index >= 15 is 0 Å². The van der Waals surface area contributed by atoms with Crippen LogP contribution < -0.4 is 20.4 Å². The standard InChI is InChI=1S/C22H27NO6/c1-13-9-19(25)28-21-15-6-7-22(2,3)29-16(15)10-17(20(13)21)27-12-18(24)23-11-14-5-4-8-26-14/h9-10,14H,4-8,11-12H2,1-3H3,(H,23,24). The molecule has 1 N–H and O–H groups in total. The lowest BCUT2D eigenvalue weighted by molar-refractivity contribution is -0.123. The fourth-order valence-electron chi connectivity index (χ4n) is 3.96. The predicted molar refractivity (Wildman–Crippen MR) is 108 cm³/mol. The molecule has 0 bridgehead atoms. The quantitative estimate of drug-likeness (QED) is 0.776. The number of amides is 1. The number of hydrogen-bond donors (Lipinski definition) is 1. The first-order valence-electron chi connectivity index (χ1n) is 10.1. The maximum absolute atomic E-state index is 12.2. The molecule has 1 aromatic heterocycles. The molecule has 4 rings (SSSR count). The zero-order chi connectivity index (χ0) is 20.6. The first-order chi connectivity index (χ1) is 13.8. The fourth-order valence-corrected chi connectivity index (χ4v) is 3.96. The lowest BCUT2D eigenvalue weighted by atomic mass is 9.92. The highest BCUT2D eigenvalue weighted by molar-refractivity contribution is 5.91. The predicted octanol–water partition coefficient (Wildman–Crippen LogP) is 2.88. The second-order valence-electron chi connectivity index (χ2n) is 8.39. The summed E-state index contributed by atoms with van der Waals surface area (Å²) in [5.41, 5.74) is 1.38. The van der Waals surface area contributed by atoms with E-state index in [1.165, 1.54) is 6.07 Å². The van der Waals surface area contributed by atoms with E-state index in [0.717, 1.165) is 43.4 Å². The van der Waals surface area contributed by atoms with Crippen LogP contribution in [0.5, 0.6) is 11.5 Å². The molecule has 1 atom stereocenters. The summed E-state index contributed by atoms with van der Waals surface area (Å²) < 4.78 is 23.0. The second kappa shape index (κ2) is 7.71. The Bertz CT molecular complexity index is 987. The molecule has 0 spiro atoms. The molecular weight excluding hydrogens is 374 g/mol. The molecule has 7 nitrogen and oxygen atoms in total. The van der Waals surface area contributed by atoms with Gasteiger partial charge in [-0.3, -0.25) is 4.79 Å². The molecule has 1 amide bonds. The van der Waals surface area contributed by atoms with Gasteiger partial charge in [-0.25, -0.2) is 4.79 Å². The molecule has 156 valence electrons. The third-order valence-electron chi connectivity index (χ3n) is 5.51. The van der Waals surface area contributed by atoms with Gasteiger partial charge in [-0.15, -0.1) is 0 Å². The summed E-state index contributed by atoms with van der Waals surface area (Å²) in [6.45, 7) is 6.97. The van der Waals surface area contributed by atoms with E-state index in [-0.39, 0.29) is 24.2 Å². The topological polar surface area (TPSA) is 87.0 Å². The first kappa shape index (κ1) is 19.8. The van der Waals surface area contributed by atoms with Crippen LogP contribution in [0.1, 0.15) is 44.2 Å². The zero-order valence-electron chi connectivity index (χ0n) is 17.1. The number of benzene rings is 1. The van der Waals surface area contributed by atoms with Crippen LogP contribution in [0.15, 0.2) is 21.3 Å². The molecule has 1 unspecified atom stereocenters. The highest BCUT2D eigenvalue weighted by Gasteiger charge is 2.30. The summed E-state index contributed by atoms with van der Waals surface area (Å²) in [5.74, 6) is 0.893. The van der Waals surface area contributed by atoms with E-state index in [2.05, 4.69) is 5.32 Å². The monoisotopic (exact) mass is 401 g/mol. The second-order valence-corrected chi connectivity index (χ2v) is 8.39. The molecular formula is C22H27NO6. The van der Waals surface area contributed by atoms with Crippen LogP contribution in [0.4, 0.5) is 0 Å². The number of aryl methyl sites for hydroxylation is 2. The molecule has 0 radical (unpaired) electrons. The summed E-state index contributed by atoms with van der Waals surface area (Å²) in [4.78, 5) is 24.2.